The summed E-state index contributed by atoms with van der Waals surface area (Å²) in [5.41, 5.74) is 7.35. The van der Waals surface area contributed by atoms with Gasteiger partial charge in [0.1, 0.15) is 12.2 Å². The maximum atomic E-state index is 6.28. The zero-order chi connectivity index (χ0) is 13.8. The minimum Gasteiger partial charge on any atom is -0.324 e. The molecule has 19 heavy (non-hydrogen) atoms. The lowest BCUT2D eigenvalue weighted by molar-refractivity contribution is 0.547. The molecular weight excluding hydrogens is 372 g/mol. The normalized spacial score (nSPS) is 12.6. The van der Waals surface area contributed by atoms with Crippen LogP contribution in [0, 0.1) is 0 Å². The first kappa shape index (κ1) is 14.7. The van der Waals surface area contributed by atoms with Crippen LogP contribution in [0.25, 0.3) is 0 Å². The average Bonchev–Trinajstić information content (AvgIpc) is 2.77. The van der Waals surface area contributed by atoms with E-state index in [4.69, 9.17) is 5.73 Å². The molecule has 6 heteroatoms. The van der Waals surface area contributed by atoms with Crippen LogP contribution >= 0.6 is 31.9 Å². The summed E-state index contributed by atoms with van der Waals surface area (Å²) in [4.78, 5) is 4.29. The Bertz CT molecular complexity index is 553. The highest BCUT2D eigenvalue weighted by molar-refractivity contribution is 9.11. The summed E-state index contributed by atoms with van der Waals surface area (Å²) in [6, 6.07) is 5.93. The molecule has 0 saturated heterocycles. The Morgan fingerprint density at radius 3 is 2.84 bits per heavy atom. The van der Waals surface area contributed by atoms with Crippen LogP contribution in [-0.4, -0.2) is 14.8 Å². The second-order valence-corrected chi connectivity index (χ2v) is 6.15. The van der Waals surface area contributed by atoms with Gasteiger partial charge in [0.25, 0.3) is 0 Å². The van der Waals surface area contributed by atoms with Gasteiger partial charge in [-0.15, -0.1) is 0 Å². The van der Waals surface area contributed by atoms with Crippen molar-refractivity contribution in [1.82, 2.24) is 14.8 Å². The molecule has 0 radical (unpaired) electrons. The van der Waals surface area contributed by atoms with Crippen molar-refractivity contribution < 1.29 is 0 Å². The highest BCUT2D eigenvalue weighted by atomic mass is 79.9. The molecule has 2 rings (SSSR count). The molecule has 1 aromatic carbocycles. The standard InChI is InChI=1S/C13H16Br2N4/c1-2-5-19-13(17-8-18-19)7-12(16)10-4-3-9(14)6-11(10)15/h3-4,6,8,12H,2,5,7,16H2,1H3. The first-order chi connectivity index (χ1) is 9.11. The maximum Gasteiger partial charge on any atom is 0.138 e. The number of halogens is 2. The number of benzene rings is 1. The Morgan fingerprint density at radius 2 is 2.16 bits per heavy atom. The molecule has 2 N–H and O–H groups in total. The number of nitrogens with two attached hydrogens (primary N) is 1. The Hall–Kier alpha value is -0.720. The summed E-state index contributed by atoms with van der Waals surface area (Å²) in [6.07, 6.45) is 3.31. The minimum absolute atomic E-state index is 0.0951. The maximum absolute atomic E-state index is 6.28. The predicted octanol–water partition coefficient (Wildman–Crippen LogP) is 3.46. The van der Waals surface area contributed by atoms with Gasteiger partial charge < -0.3 is 5.73 Å². The van der Waals surface area contributed by atoms with Crippen LogP contribution in [0.1, 0.15) is 30.8 Å². The molecule has 0 aliphatic heterocycles. The molecule has 0 bridgehead atoms. The van der Waals surface area contributed by atoms with Gasteiger partial charge in [-0.3, -0.25) is 4.68 Å². The topological polar surface area (TPSA) is 56.7 Å². The van der Waals surface area contributed by atoms with Gasteiger partial charge in [-0.05, 0) is 24.1 Å². The highest BCUT2D eigenvalue weighted by Crippen LogP contribution is 2.27. The molecule has 1 heterocycles. The van der Waals surface area contributed by atoms with E-state index in [9.17, 15) is 0 Å². The molecule has 1 atom stereocenters. The monoisotopic (exact) mass is 386 g/mol. The molecule has 0 aliphatic rings. The number of nitrogens with zero attached hydrogens (tertiary/aromatic N) is 3. The quantitative estimate of drug-likeness (QED) is 0.854. The summed E-state index contributed by atoms with van der Waals surface area (Å²) in [5, 5.41) is 4.22. The van der Waals surface area contributed by atoms with Gasteiger partial charge in [0, 0.05) is 28.0 Å². The first-order valence-electron chi connectivity index (χ1n) is 6.19. The van der Waals surface area contributed by atoms with Crippen LogP contribution in [0.5, 0.6) is 0 Å². The summed E-state index contributed by atoms with van der Waals surface area (Å²) in [7, 11) is 0. The molecule has 0 amide bonds. The average molecular weight is 388 g/mol. The zero-order valence-corrected chi connectivity index (χ0v) is 13.9. The molecule has 1 unspecified atom stereocenters. The van der Waals surface area contributed by atoms with Crippen molar-refractivity contribution in [3.05, 3.63) is 44.9 Å². The van der Waals surface area contributed by atoms with Gasteiger partial charge in [0.05, 0.1) is 0 Å². The van der Waals surface area contributed by atoms with Crippen molar-refractivity contribution in [2.24, 2.45) is 5.73 Å². The van der Waals surface area contributed by atoms with Crippen LogP contribution < -0.4 is 5.73 Å². The number of hydrogen-bond acceptors (Lipinski definition) is 3. The largest absolute Gasteiger partial charge is 0.324 e. The lowest BCUT2D eigenvalue weighted by atomic mass is 10.0. The van der Waals surface area contributed by atoms with E-state index in [2.05, 4.69) is 48.9 Å². The Labute approximate surface area is 129 Å². The zero-order valence-electron chi connectivity index (χ0n) is 10.7. The smallest absolute Gasteiger partial charge is 0.138 e. The molecule has 2 aromatic rings. The number of rotatable bonds is 5. The van der Waals surface area contributed by atoms with Crippen LogP contribution in [0.2, 0.25) is 0 Å². The third-order valence-electron chi connectivity index (χ3n) is 2.90. The Balaban J connectivity index is 2.16. The van der Waals surface area contributed by atoms with Crippen molar-refractivity contribution in [3.63, 3.8) is 0 Å². The third kappa shape index (κ3) is 3.64. The molecule has 102 valence electrons. The molecule has 0 fully saturated rings. The molecule has 1 aromatic heterocycles. The van der Waals surface area contributed by atoms with E-state index in [1.807, 2.05) is 22.9 Å². The van der Waals surface area contributed by atoms with Crippen molar-refractivity contribution in [3.8, 4) is 0 Å². The fourth-order valence-electron chi connectivity index (χ4n) is 1.95. The molecule has 4 nitrogen and oxygen atoms in total. The van der Waals surface area contributed by atoms with Gasteiger partial charge in [0.15, 0.2) is 0 Å². The predicted molar refractivity (Wildman–Crippen MR) is 82.8 cm³/mol. The second-order valence-electron chi connectivity index (χ2n) is 4.38. The van der Waals surface area contributed by atoms with E-state index in [1.54, 1.807) is 6.33 Å². The first-order valence-corrected chi connectivity index (χ1v) is 7.77. The van der Waals surface area contributed by atoms with Crippen molar-refractivity contribution in [1.29, 1.82) is 0 Å². The van der Waals surface area contributed by atoms with Crippen molar-refractivity contribution in [2.75, 3.05) is 0 Å². The highest BCUT2D eigenvalue weighted by Gasteiger charge is 2.14. The summed E-state index contributed by atoms with van der Waals surface area (Å²) in [6.45, 7) is 3.00. The second kappa shape index (κ2) is 6.63. The van der Waals surface area contributed by atoms with Gasteiger partial charge in [0.2, 0.25) is 0 Å². The van der Waals surface area contributed by atoms with Crippen LogP contribution in [-0.2, 0) is 13.0 Å². The van der Waals surface area contributed by atoms with E-state index in [0.29, 0.717) is 6.42 Å². The molecular formula is C13H16Br2N4. The number of aromatic nitrogens is 3. The summed E-state index contributed by atoms with van der Waals surface area (Å²) < 4.78 is 3.97. The van der Waals surface area contributed by atoms with Gasteiger partial charge in [-0.25, -0.2) is 4.98 Å². The summed E-state index contributed by atoms with van der Waals surface area (Å²) >= 11 is 6.99. The minimum atomic E-state index is -0.0951. The molecule has 0 aliphatic carbocycles. The lowest BCUT2D eigenvalue weighted by Gasteiger charge is -2.14. The van der Waals surface area contributed by atoms with Crippen LogP contribution in [0.15, 0.2) is 33.5 Å². The molecule has 0 saturated carbocycles. The van der Waals surface area contributed by atoms with E-state index < -0.39 is 0 Å². The van der Waals surface area contributed by atoms with Crippen LogP contribution in [0.4, 0.5) is 0 Å². The number of aryl methyl sites for hydroxylation is 1. The van der Waals surface area contributed by atoms with E-state index in [1.165, 1.54) is 0 Å². The Morgan fingerprint density at radius 1 is 1.37 bits per heavy atom. The van der Waals surface area contributed by atoms with Crippen LogP contribution in [0.3, 0.4) is 0 Å². The van der Waals surface area contributed by atoms with Crippen molar-refractivity contribution in [2.45, 2.75) is 32.4 Å². The van der Waals surface area contributed by atoms with Gasteiger partial charge in [-0.2, -0.15) is 5.10 Å². The molecule has 0 spiro atoms. The third-order valence-corrected chi connectivity index (χ3v) is 4.08. The van der Waals surface area contributed by atoms with Gasteiger partial charge in [-0.1, -0.05) is 44.8 Å². The fraction of sp³-hybridized carbons (Fsp3) is 0.385. The Kier molecular flexibility index (Phi) is 5.13. The van der Waals surface area contributed by atoms with Crippen molar-refractivity contribution >= 4 is 31.9 Å². The number of hydrogen-bond donors (Lipinski definition) is 1. The lowest BCUT2D eigenvalue weighted by Crippen LogP contribution is -2.17. The van der Waals surface area contributed by atoms with Gasteiger partial charge >= 0.3 is 0 Å². The van der Waals surface area contributed by atoms with E-state index in [0.717, 1.165) is 33.3 Å². The van der Waals surface area contributed by atoms with E-state index >= 15 is 0 Å². The summed E-state index contributed by atoms with van der Waals surface area (Å²) in [5.74, 6) is 0.934. The van der Waals surface area contributed by atoms with E-state index in [-0.39, 0.29) is 6.04 Å². The SMILES string of the molecule is CCCn1ncnc1CC(N)c1ccc(Br)cc1Br. The fourth-order valence-corrected chi connectivity index (χ4v) is 3.29.